The molecule has 0 N–H and O–H groups in total. The lowest BCUT2D eigenvalue weighted by molar-refractivity contribution is -0.917. The number of ether oxygens (including phenoxy) is 4. The molecule has 4 rings (SSSR count). The average Bonchev–Trinajstić information content (AvgIpc) is 3.30. The van der Waals surface area contributed by atoms with Gasteiger partial charge in [0.25, 0.3) is 5.69 Å². The number of esters is 1. The zero-order valence-electron chi connectivity index (χ0n) is 19.5. The molecule has 0 spiro atoms. The molecule has 1 unspecified atom stereocenters. The molecule has 0 amide bonds. The number of likely N-dealkylation sites (N-methyl/N-ethyl adjacent to an activating group) is 1. The molecule has 2 aromatic rings. The minimum Gasteiger partial charge on any atom is -1.00 e. The van der Waals surface area contributed by atoms with E-state index < -0.39 is 4.92 Å². The molecular formula is C24H25BrN2O8. The van der Waals surface area contributed by atoms with E-state index in [2.05, 4.69) is 0 Å². The lowest BCUT2D eigenvalue weighted by Gasteiger charge is -2.38. The average molecular weight is 549 g/mol. The molecule has 1 atom stereocenters. The number of hydrogen-bond acceptors (Lipinski definition) is 8. The van der Waals surface area contributed by atoms with Gasteiger partial charge in [-0.3, -0.25) is 14.9 Å². The van der Waals surface area contributed by atoms with Gasteiger partial charge in [-0.25, -0.2) is 4.79 Å². The summed E-state index contributed by atoms with van der Waals surface area (Å²) in [7, 11) is 4.85. The Bertz CT molecular complexity index is 1200. The molecule has 0 saturated carbocycles. The maximum absolute atomic E-state index is 13.4. The number of non-ortho nitro benzene ring substituents is 1. The number of rotatable bonds is 7. The molecular weight excluding hydrogens is 524 g/mol. The first-order chi connectivity index (χ1) is 16.3. The van der Waals surface area contributed by atoms with Crippen molar-refractivity contribution < 1.29 is 54.9 Å². The molecule has 186 valence electrons. The molecule has 2 aromatic carbocycles. The van der Waals surface area contributed by atoms with Crippen molar-refractivity contribution in [3.05, 3.63) is 62.7 Å². The normalized spacial score (nSPS) is 17.9. The highest BCUT2D eigenvalue weighted by Crippen LogP contribution is 2.50. The number of ketones is 1. The summed E-state index contributed by atoms with van der Waals surface area (Å²) in [6, 6.07) is 5.92. The summed E-state index contributed by atoms with van der Waals surface area (Å²) in [5, 5.41) is 10.9. The van der Waals surface area contributed by atoms with Crippen LogP contribution in [0.15, 0.2) is 30.3 Å². The van der Waals surface area contributed by atoms with Crippen LogP contribution in [0.2, 0.25) is 0 Å². The number of nitrogens with zero attached hydrogens (tertiary/aromatic N) is 2. The Morgan fingerprint density at radius 1 is 1.14 bits per heavy atom. The third-order valence-electron chi connectivity index (χ3n) is 6.15. The number of nitro benzene ring substituents is 1. The zero-order valence-corrected chi connectivity index (χ0v) is 21.1. The summed E-state index contributed by atoms with van der Waals surface area (Å²) in [5.74, 6) is 0.640. The summed E-state index contributed by atoms with van der Waals surface area (Å²) < 4.78 is 22.3. The van der Waals surface area contributed by atoms with Crippen LogP contribution in [-0.4, -0.2) is 62.3 Å². The number of nitro groups is 1. The van der Waals surface area contributed by atoms with Gasteiger partial charge in [-0.2, -0.15) is 0 Å². The maximum Gasteiger partial charge on any atom is 0.361 e. The Balaban J connectivity index is 0.00000342. The number of quaternary nitrogens is 1. The van der Waals surface area contributed by atoms with Crippen LogP contribution in [0.5, 0.6) is 17.2 Å². The van der Waals surface area contributed by atoms with Crippen LogP contribution >= 0.6 is 0 Å². The van der Waals surface area contributed by atoms with E-state index in [1.165, 1.54) is 32.4 Å². The van der Waals surface area contributed by atoms with Gasteiger partial charge >= 0.3 is 5.97 Å². The molecule has 2 aliphatic heterocycles. The first-order valence-corrected chi connectivity index (χ1v) is 10.6. The minimum atomic E-state index is -0.477. The van der Waals surface area contributed by atoms with Gasteiger partial charge < -0.3 is 40.4 Å². The van der Waals surface area contributed by atoms with E-state index in [4.69, 9.17) is 18.9 Å². The lowest BCUT2D eigenvalue weighted by atomic mass is 9.89. The number of benzene rings is 2. The summed E-state index contributed by atoms with van der Waals surface area (Å²) in [6.07, 6.45) is 3.55. The lowest BCUT2D eigenvalue weighted by Crippen LogP contribution is -3.00. The first-order valence-electron chi connectivity index (χ1n) is 10.6. The van der Waals surface area contributed by atoms with Crippen molar-refractivity contribution in [3.63, 3.8) is 0 Å². The van der Waals surface area contributed by atoms with Crippen molar-refractivity contribution in [2.45, 2.75) is 13.0 Å². The minimum absolute atomic E-state index is 0. The highest BCUT2D eigenvalue weighted by molar-refractivity contribution is 6.11. The smallest absolute Gasteiger partial charge is 0.361 e. The number of carbonyl (C=O) groups excluding carboxylic acids is 2. The second kappa shape index (κ2) is 10.4. The van der Waals surface area contributed by atoms with Crippen LogP contribution in [0.3, 0.4) is 0 Å². The molecule has 10 nitrogen and oxygen atoms in total. The van der Waals surface area contributed by atoms with E-state index in [9.17, 15) is 19.7 Å². The molecule has 0 fully saturated rings. The summed E-state index contributed by atoms with van der Waals surface area (Å²) >= 11 is 0. The Kier molecular flexibility index (Phi) is 7.81. The van der Waals surface area contributed by atoms with E-state index in [-0.39, 0.29) is 47.8 Å². The van der Waals surface area contributed by atoms with E-state index in [1.54, 1.807) is 18.2 Å². The van der Waals surface area contributed by atoms with Gasteiger partial charge in [-0.05, 0) is 29.3 Å². The van der Waals surface area contributed by atoms with Crippen molar-refractivity contribution >= 4 is 23.5 Å². The second-order valence-corrected chi connectivity index (χ2v) is 8.46. The monoisotopic (exact) mass is 548 g/mol. The number of carbonyl (C=O) groups is 2. The third-order valence-corrected chi connectivity index (χ3v) is 6.15. The number of hydrogen-bond donors (Lipinski definition) is 0. The van der Waals surface area contributed by atoms with Crippen molar-refractivity contribution in [1.82, 2.24) is 0 Å². The van der Waals surface area contributed by atoms with Gasteiger partial charge in [0.15, 0.2) is 23.8 Å². The highest BCUT2D eigenvalue weighted by atomic mass is 79.9. The number of fused-ring (bicyclic) bond motifs is 2. The van der Waals surface area contributed by atoms with E-state index in [0.29, 0.717) is 52.4 Å². The van der Waals surface area contributed by atoms with Gasteiger partial charge in [0, 0.05) is 18.6 Å². The second-order valence-electron chi connectivity index (χ2n) is 8.46. The van der Waals surface area contributed by atoms with Gasteiger partial charge in [0.05, 0.1) is 43.9 Å². The molecule has 2 aliphatic rings. The van der Waals surface area contributed by atoms with Crippen LogP contribution in [-0.2, 0) is 22.5 Å². The highest BCUT2D eigenvalue weighted by Gasteiger charge is 2.40. The topological polar surface area (TPSA) is 114 Å². The van der Waals surface area contributed by atoms with Crippen molar-refractivity contribution in [2.75, 3.05) is 41.1 Å². The van der Waals surface area contributed by atoms with E-state index in [0.717, 1.165) is 11.1 Å². The molecule has 0 bridgehead atoms. The molecule has 0 radical (unpaired) electrons. The van der Waals surface area contributed by atoms with Gasteiger partial charge in [-0.15, -0.1) is 0 Å². The number of methoxy groups -OCH3 is 2. The maximum atomic E-state index is 13.4. The van der Waals surface area contributed by atoms with Crippen molar-refractivity contribution in [3.8, 4) is 17.2 Å². The molecule has 11 heteroatoms. The Morgan fingerprint density at radius 2 is 1.83 bits per heavy atom. The van der Waals surface area contributed by atoms with E-state index in [1.807, 2.05) is 7.05 Å². The van der Waals surface area contributed by atoms with Crippen LogP contribution < -0.4 is 31.2 Å². The zero-order chi connectivity index (χ0) is 24.5. The largest absolute Gasteiger partial charge is 1.00 e. The van der Waals surface area contributed by atoms with Crippen molar-refractivity contribution in [2.24, 2.45) is 0 Å². The predicted molar refractivity (Wildman–Crippen MR) is 121 cm³/mol. The number of halogens is 1. The standard InChI is InChI=1S/C24H25N2O8.BrH/c1-26(13-20(28)31-2)11-10-17-18(12-26)22(32-3)24-23(33-14-34-24)21(17)19(27)9-6-15-4-7-16(8-5-15)25(29)30;/h4-9H,10-14H2,1-3H3;1H/q+1;/p-1. The van der Waals surface area contributed by atoms with Gasteiger partial charge in [0.2, 0.25) is 12.5 Å². The summed E-state index contributed by atoms with van der Waals surface area (Å²) in [6.45, 7) is 1.24. The molecule has 0 saturated heterocycles. The van der Waals surface area contributed by atoms with Crippen LogP contribution in [0.4, 0.5) is 5.69 Å². The fourth-order valence-electron chi connectivity index (χ4n) is 4.43. The van der Waals surface area contributed by atoms with Crippen molar-refractivity contribution in [1.29, 1.82) is 0 Å². The van der Waals surface area contributed by atoms with Gasteiger partial charge in [0.1, 0.15) is 6.54 Å². The summed E-state index contributed by atoms with van der Waals surface area (Å²) in [4.78, 5) is 35.7. The van der Waals surface area contributed by atoms with E-state index >= 15 is 0 Å². The summed E-state index contributed by atoms with van der Waals surface area (Å²) in [5.41, 5.74) is 2.64. The quantitative estimate of drug-likeness (QED) is 0.118. The molecule has 35 heavy (non-hydrogen) atoms. The third kappa shape index (κ3) is 5.15. The predicted octanol–water partition coefficient (Wildman–Crippen LogP) is -0.0921. The number of allylic oxidation sites excluding steroid dienone is 1. The van der Waals surface area contributed by atoms with Crippen LogP contribution in [0.25, 0.3) is 6.08 Å². The van der Waals surface area contributed by atoms with Crippen LogP contribution in [0.1, 0.15) is 27.0 Å². The molecule has 0 aromatic heterocycles. The Morgan fingerprint density at radius 3 is 2.46 bits per heavy atom. The SMILES string of the molecule is COC(=O)C[N+]1(C)CCc2c(c(OC)c3c(c2C(=O)C=Cc2ccc([N+](=O)[O-])cc2)OCO3)C1.[Br-]. The molecule has 2 heterocycles. The first kappa shape index (κ1) is 26.2. The van der Waals surface area contributed by atoms with Crippen LogP contribution in [0, 0.1) is 10.1 Å². The Hall–Kier alpha value is -3.44. The molecule has 0 aliphatic carbocycles. The fourth-order valence-corrected chi connectivity index (χ4v) is 4.43. The fraction of sp³-hybridized carbons (Fsp3) is 0.333. The van der Waals surface area contributed by atoms with Gasteiger partial charge in [-0.1, -0.05) is 6.08 Å². The Labute approximate surface area is 212 Å².